The first-order chi connectivity index (χ1) is 31.4. The van der Waals surface area contributed by atoms with Crippen LogP contribution in [0.2, 0.25) is 0 Å². The number of nitrogens with two attached hydrogens (primary N) is 3. The molecule has 21 heteroatoms. The summed E-state index contributed by atoms with van der Waals surface area (Å²) in [5.74, 6) is -4.38. The molecule has 0 heterocycles. The third-order valence-electron chi connectivity index (χ3n) is 12.9. The topological polar surface area (TPSA) is 185 Å². The molecule has 0 aromatic heterocycles. The quantitative estimate of drug-likeness (QED) is 0.0583. The minimum atomic E-state index is -4.35. The van der Waals surface area contributed by atoms with E-state index < -0.39 is 65.1 Å². The summed E-state index contributed by atoms with van der Waals surface area (Å²) in [7, 11) is 7.78. The number of hydrogen-bond donors (Lipinski definition) is 5. The van der Waals surface area contributed by atoms with Gasteiger partial charge in [0.15, 0.2) is 0 Å². The number of carbonyl (C=O) groups excluding carboxylic acids is 3. The summed E-state index contributed by atoms with van der Waals surface area (Å²) in [6.07, 6.45) is -7.79. The molecule has 0 saturated heterocycles. The van der Waals surface area contributed by atoms with Crippen molar-refractivity contribution in [2.24, 2.45) is 28.0 Å². The fourth-order valence-corrected chi connectivity index (χ4v) is 8.30. The van der Waals surface area contributed by atoms with Gasteiger partial charge in [-0.15, -0.1) is 0 Å². The van der Waals surface area contributed by atoms with E-state index in [1.807, 2.05) is 57.4 Å². The van der Waals surface area contributed by atoms with E-state index >= 15 is 0 Å². The predicted octanol–water partition coefficient (Wildman–Crippen LogP) is 8.15. The summed E-state index contributed by atoms with van der Waals surface area (Å²) in [5, 5.41) is 11.7. The second-order valence-corrected chi connectivity index (χ2v) is 17.8. The first-order valence-electron chi connectivity index (χ1n) is 22.0. The number of rotatable bonds is 19. The van der Waals surface area contributed by atoms with E-state index in [1.54, 1.807) is 84.9 Å². The Labute approximate surface area is 440 Å². The summed E-state index contributed by atoms with van der Waals surface area (Å²) >= 11 is 0. The zero-order valence-electron chi connectivity index (χ0n) is 40.2. The number of hydrogen-bond acceptors (Lipinski definition) is 7. The predicted molar refractivity (Wildman–Crippen MR) is 287 cm³/mol. The molecule has 2 aliphatic carbocycles. The van der Waals surface area contributed by atoms with Crippen molar-refractivity contribution >= 4 is 77.7 Å². The number of aliphatic carboxylic acids is 1. The van der Waals surface area contributed by atoms with E-state index in [2.05, 4.69) is 10.2 Å². The Hall–Kier alpha value is -4.38. The molecule has 0 unspecified atom stereocenters. The summed E-state index contributed by atoms with van der Waals surface area (Å²) in [5.41, 5.74) is 16.5. The van der Waals surface area contributed by atoms with Crippen molar-refractivity contribution in [1.82, 2.24) is 15.1 Å². The van der Waals surface area contributed by atoms with Crippen molar-refractivity contribution in [3.05, 3.63) is 143 Å². The molecule has 0 spiro atoms. The smallest absolute Gasteiger partial charge is 0.395 e. The Balaban J connectivity index is 0.00000110. The fourth-order valence-electron chi connectivity index (χ4n) is 8.30. The van der Waals surface area contributed by atoms with Crippen molar-refractivity contribution < 1.29 is 50.6 Å². The molecule has 8 N–H and O–H groups in total. The molecular formula is C50H70F6N6O5S4. The van der Waals surface area contributed by atoms with Gasteiger partial charge in [-0.3, -0.25) is 19.2 Å². The first kappa shape index (κ1) is 66.6. The zero-order chi connectivity index (χ0) is 49.7. The van der Waals surface area contributed by atoms with Gasteiger partial charge in [0.05, 0.1) is 17.3 Å². The van der Waals surface area contributed by atoms with Crippen molar-refractivity contribution in [2.45, 2.75) is 87.6 Å². The fraction of sp³-hybridized carbons (Fsp3) is 0.440. The molecule has 4 atom stereocenters. The van der Waals surface area contributed by atoms with Crippen LogP contribution >= 0.6 is 54.0 Å². The number of nitrogens with one attached hydrogen (secondary N) is 1. The van der Waals surface area contributed by atoms with Gasteiger partial charge in [0.1, 0.15) is 0 Å². The van der Waals surface area contributed by atoms with Crippen molar-refractivity contribution in [2.75, 3.05) is 41.3 Å². The zero-order valence-corrected chi connectivity index (χ0v) is 44.2. The number of halogens is 6. The van der Waals surface area contributed by atoms with E-state index in [0.717, 1.165) is 17.5 Å². The average molecular weight is 1080 g/mol. The molecule has 6 rings (SSSR count). The van der Waals surface area contributed by atoms with Gasteiger partial charge in [-0.05, 0) is 113 Å². The normalized spacial score (nSPS) is 15.6. The minimum absolute atomic E-state index is 0. The number of carboxylic acid groups (broad SMARTS) is 1. The number of likely N-dealkylation sites (N-methyl/N-ethyl adjacent to an activating group) is 2. The van der Waals surface area contributed by atoms with E-state index in [0.29, 0.717) is 47.8 Å². The maximum Gasteiger partial charge on any atom is 0.395 e. The molecule has 396 valence electrons. The van der Waals surface area contributed by atoms with Crippen LogP contribution in [-0.2, 0) is 22.4 Å². The first-order valence-corrected chi connectivity index (χ1v) is 22.0. The molecule has 2 saturated carbocycles. The van der Waals surface area contributed by atoms with Gasteiger partial charge in [0.2, 0.25) is 17.7 Å². The summed E-state index contributed by atoms with van der Waals surface area (Å²) < 4.78 is 80.8. The lowest BCUT2D eigenvalue weighted by Gasteiger charge is -2.30. The van der Waals surface area contributed by atoms with Crippen LogP contribution < -0.4 is 22.5 Å². The van der Waals surface area contributed by atoms with E-state index in [4.69, 9.17) is 22.3 Å². The van der Waals surface area contributed by atoms with Crippen LogP contribution in [-0.4, -0.2) is 104 Å². The summed E-state index contributed by atoms with van der Waals surface area (Å²) in [6.45, 7) is 0.911. The third kappa shape index (κ3) is 18.9. The van der Waals surface area contributed by atoms with Crippen molar-refractivity contribution in [3.8, 4) is 0 Å². The lowest BCUT2D eigenvalue weighted by atomic mass is 9.80. The van der Waals surface area contributed by atoms with Crippen molar-refractivity contribution in [1.29, 1.82) is 0 Å². The number of nitrogens with zero attached hydrogens (tertiary/aromatic N) is 2. The number of primary amides is 2. The third-order valence-corrected chi connectivity index (χ3v) is 12.9. The maximum absolute atomic E-state index is 13.9. The number of amides is 3. The maximum atomic E-state index is 13.9. The van der Waals surface area contributed by atoms with Crippen LogP contribution in [0.25, 0.3) is 0 Å². The lowest BCUT2D eigenvalue weighted by molar-refractivity contribution is -0.196. The molecule has 2 fully saturated rings. The van der Waals surface area contributed by atoms with E-state index in [9.17, 15) is 45.5 Å². The van der Waals surface area contributed by atoms with Gasteiger partial charge in [0, 0.05) is 54.6 Å². The Morgan fingerprint density at radius 1 is 0.577 bits per heavy atom. The summed E-state index contributed by atoms with van der Waals surface area (Å²) in [6, 6.07) is 31.1. The molecule has 0 aliphatic heterocycles. The van der Waals surface area contributed by atoms with E-state index in [-0.39, 0.29) is 92.1 Å². The highest BCUT2D eigenvalue weighted by Gasteiger charge is 2.68. The Bertz CT molecular complexity index is 2240. The van der Waals surface area contributed by atoms with E-state index in [1.165, 1.54) is 0 Å². The highest BCUT2D eigenvalue weighted by molar-refractivity contribution is 7.59. The molecule has 3 amide bonds. The SMILES string of the molecule is CN(C)[C@H](CN)Cc1ccc(C(N)=O)cc1.CN(C)[C@H](CNC(=O)C[C@@H](c1ccccc1)C1(C(F)(F)F)CC1)Cc1ccc(C(N)=O)cc1.O=C(O)C[C@@H](c1ccccc1)C1(C(F)(F)F)CC1.S.S.S.S. The second-order valence-electron chi connectivity index (χ2n) is 17.8. The van der Waals surface area contributed by atoms with Gasteiger partial charge in [0.25, 0.3) is 0 Å². The van der Waals surface area contributed by atoms with Gasteiger partial charge >= 0.3 is 18.3 Å². The van der Waals surface area contributed by atoms with Gasteiger partial charge < -0.3 is 37.4 Å². The monoisotopic (exact) mass is 1080 g/mol. The van der Waals surface area contributed by atoms with Crippen molar-refractivity contribution in [3.63, 3.8) is 0 Å². The summed E-state index contributed by atoms with van der Waals surface area (Å²) in [4.78, 5) is 49.8. The molecule has 2 aliphatic rings. The number of benzene rings is 4. The van der Waals surface area contributed by atoms with Crippen LogP contribution in [0.5, 0.6) is 0 Å². The molecule has 0 radical (unpaired) electrons. The van der Waals surface area contributed by atoms with Crippen LogP contribution in [0.4, 0.5) is 26.3 Å². The van der Waals surface area contributed by atoms with Gasteiger partial charge in [-0.1, -0.05) is 84.9 Å². The van der Waals surface area contributed by atoms with Crippen LogP contribution in [0.3, 0.4) is 0 Å². The van der Waals surface area contributed by atoms with Gasteiger partial charge in [-0.2, -0.15) is 80.3 Å². The van der Waals surface area contributed by atoms with Gasteiger partial charge in [-0.25, -0.2) is 0 Å². The number of carbonyl (C=O) groups is 4. The Morgan fingerprint density at radius 2 is 0.915 bits per heavy atom. The number of alkyl halides is 6. The largest absolute Gasteiger partial charge is 0.481 e. The van der Waals surface area contributed by atoms with Crippen LogP contribution in [0.15, 0.2) is 109 Å². The molecule has 71 heavy (non-hydrogen) atoms. The lowest BCUT2D eigenvalue weighted by Crippen LogP contribution is -2.42. The van der Waals surface area contributed by atoms with Crippen LogP contribution in [0.1, 0.15) is 93.3 Å². The second kappa shape index (κ2) is 29.4. The highest BCUT2D eigenvalue weighted by atomic mass is 32.1. The Morgan fingerprint density at radius 3 is 1.20 bits per heavy atom. The Kier molecular flexibility index (Phi) is 27.5. The highest BCUT2D eigenvalue weighted by Crippen LogP contribution is 2.67. The molecule has 4 aromatic rings. The minimum Gasteiger partial charge on any atom is -0.481 e. The van der Waals surface area contributed by atoms with Crippen LogP contribution in [0, 0.1) is 10.8 Å². The standard InChI is InChI=1S/C25H30F3N3O2.C13H13F3O2.C12H19N3O.4H2S/c1-31(2)20(14-17-8-10-19(11-9-17)23(29)33)16-30-22(32)15-21(18-6-4-3-5-7-18)24(12-13-24)25(26,27)28;14-13(15,16)12(6-7-12)10(8-11(17)18)9-4-2-1-3-5-9;1-15(2)11(8-13)7-9-3-5-10(6-4-9)12(14)16;;;;/h3-11,20-21H,12-16H2,1-2H3,(H2,29,33)(H,30,32);1-5,10H,6-8H2,(H,17,18);3-6,11H,7-8,13H2,1-2H3,(H2,14,16);4*1H2/t20-,21-;10-;11-;;;;/m000..../s1. The molecule has 0 bridgehead atoms. The molecule has 4 aromatic carbocycles. The average Bonchev–Trinajstić information content (AvgIpc) is 4.22. The molecular weight excluding hydrogens is 1010 g/mol. The number of carboxylic acids is 1. The molecule has 11 nitrogen and oxygen atoms in total.